The van der Waals surface area contributed by atoms with Crippen LogP contribution in [0.5, 0.6) is 0 Å². The molecule has 0 unspecified atom stereocenters. The molecule has 0 amide bonds. The van der Waals surface area contributed by atoms with Gasteiger partial charge >= 0.3 is 0 Å². The van der Waals surface area contributed by atoms with Gasteiger partial charge < -0.3 is 11.5 Å². The van der Waals surface area contributed by atoms with E-state index < -0.39 is 0 Å². The third kappa shape index (κ3) is 1.70. The van der Waals surface area contributed by atoms with Crippen LogP contribution >= 0.6 is 0 Å². The molecule has 2 heteroatoms. The summed E-state index contributed by atoms with van der Waals surface area (Å²) in [7, 11) is 0. The fourth-order valence-corrected chi connectivity index (χ4v) is 1.54. The van der Waals surface area contributed by atoms with Crippen molar-refractivity contribution in [2.45, 2.75) is 38.1 Å². The Labute approximate surface area is 63.0 Å². The van der Waals surface area contributed by atoms with E-state index in [0.29, 0.717) is 6.54 Å². The van der Waals surface area contributed by atoms with E-state index >= 15 is 0 Å². The number of nitrogens with two attached hydrogens (primary N) is 2. The summed E-state index contributed by atoms with van der Waals surface area (Å²) in [6.07, 6.45) is 4.75. The van der Waals surface area contributed by atoms with E-state index in [2.05, 4.69) is 6.92 Å². The van der Waals surface area contributed by atoms with Crippen molar-refractivity contribution >= 4 is 0 Å². The average Bonchev–Trinajstić information content (AvgIpc) is 1.96. The van der Waals surface area contributed by atoms with Gasteiger partial charge in [-0.15, -0.1) is 0 Å². The lowest BCUT2D eigenvalue weighted by Crippen LogP contribution is -2.49. The Bertz CT molecular complexity index is 104. The molecule has 1 rings (SSSR count). The second-order valence-corrected chi connectivity index (χ2v) is 3.75. The molecule has 0 bridgehead atoms. The number of hydrogen-bond donors (Lipinski definition) is 2. The molecule has 1 fully saturated rings. The van der Waals surface area contributed by atoms with Gasteiger partial charge in [0.25, 0.3) is 0 Å². The summed E-state index contributed by atoms with van der Waals surface area (Å²) in [6, 6.07) is 0. The van der Waals surface area contributed by atoms with Crippen LogP contribution < -0.4 is 11.5 Å². The first-order chi connectivity index (χ1) is 4.66. The van der Waals surface area contributed by atoms with Crippen molar-refractivity contribution < 1.29 is 0 Å². The van der Waals surface area contributed by atoms with Gasteiger partial charge in [0.15, 0.2) is 0 Å². The van der Waals surface area contributed by atoms with Gasteiger partial charge in [-0.2, -0.15) is 0 Å². The van der Waals surface area contributed by atoms with E-state index in [0.717, 1.165) is 18.8 Å². The molecular formula is C8H18N2. The third-order valence-electron chi connectivity index (χ3n) is 2.68. The molecule has 0 aromatic rings. The van der Waals surface area contributed by atoms with E-state index in [9.17, 15) is 0 Å². The van der Waals surface area contributed by atoms with Crippen LogP contribution in [-0.2, 0) is 0 Å². The quantitative estimate of drug-likeness (QED) is 0.570. The van der Waals surface area contributed by atoms with Crippen molar-refractivity contribution in [1.82, 2.24) is 0 Å². The van der Waals surface area contributed by atoms with Crippen LogP contribution in [0.25, 0.3) is 0 Å². The van der Waals surface area contributed by atoms with E-state index in [-0.39, 0.29) is 5.54 Å². The van der Waals surface area contributed by atoms with E-state index in [1.165, 1.54) is 12.8 Å². The van der Waals surface area contributed by atoms with Crippen LogP contribution in [-0.4, -0.2) is 12.1 Å². The van der Waals surface area contributed by atoms with Crippen LogP contribution in [0.1, 0.15) is 32.6 Å². The number of hydrogen-bond acceptors (Lipinski definition) is 2. The zero-order valence-corrected chi connectivity index (χ0v) is 6.77. The summed E-state index contributed by atoms with van der Waals surface area (Å²) >= 11 is 0. The third-order valence-corrected chi connectivity index (χ3v) is 2.68. The Morgan fingerprint density at radius 3 is 2.30 bits per heavy atom. The van der Waals surface area contributed by atoms with E-state index in [1.54, 1.807) is 0 Å². The molecule has 0 spiro atoms. The zero-order valence-electron chi connectivity index (χ0n) is 6.77. The van der Waals surface area contributed by atoms with Gasteiger partial charge in [-0.3, -0.25) is 0 Å². The minimum absolute atomic E-state index is 0.0213. The summed E-state index contributed by atoms with van der Waals surface area (Å²) in [5.74, 6) is 0.864. The molecule has 4 N–H and O–H groups in total. The minimum Gasteiger partial charge on any atom is -0.329 e. The molecule has 60 valence electrons. The molecule has 1 aliphatic carbocycles. The Balaban J connectivity index is 2.38. The molecule has 0 radical (unpaired) electrons. The van der Waals surface area contributed by atoms with Crippen molar-refractivity contribution in [2.24, 2.45) is 17.4 Å². The molecule has 0 saturated heterocycles. The topological polar surface area (TPSA) is 52.0 Å². The van der Waals surface area contributed by atoms with Crippen LogP contribution in [0.3, 0.4) is 0 Å². The van der Waals surface area contributed by atoms with Gasteiger partial charge in [0.2, 0.25) is 0 Å². The Morgan fingerprint density at radius 2 is 1.90 bits per heavy atom. The standard InChI is InChI=1S/C8H18N2/c1-7-2-4-8(10,6-9)5-3-7/h7H,2-6,9-10H2,1H3. The smallest absolute Gasteiger partial charge is 0.0278 e. The Hall–Kier alpha value is -0.0800. The maximum Gasteiger partial charge on any atom is 0.0278 e. The summed E-state index contributed by atoms with van der Waals surface area (Å²) in [6.45, 7) is 2.94. The first-order valence-corrected chi connectivity index (χ1v) is 4.15. The molecule has 10 heavy (non-hydrogen) atoms. The summed E-state index contributed by atoms with van der Waals surface area (Å²) in [5, 5.41) is 0. The summed E-state index contributed by atoms with van der Waals surface area (Å²) in [5.41, 5.74) is 11.5. The molecule has 1 saturated carbocycles. The number of rotatable bonds is 1. The van der Waals surface area contributed by atoms with Crippen molar-refractivity contribution in [3.8, 4) is 0 Å². The highest BCUT2D eigenvalue weighted by Crippen LogP contribution is 2.28. The van der Waals surface area contributed by atoms with Crippen LogP contribution in [0.15, 0.2) is 0 Å². The maximum atomic E-state index is 6.00. The highest BCUT2D eigenvalue weighted by molar-refractivity contribution is 4.89. The van der Waals surface area contributed by atoms with Gasteiger partial charge in [0, 0.05) is 12.1 Å². The molecule has 0 aromatic carbocycles. The maximum absolute atomic E-state index is 6.00. The fourth-order valence-electron chi connectivity index (χ4n) is 1.54. The van der Waals surface area contributed by atoms with Gasteiger partial charge in [-0.1, -0.05) is 6.92 Å². The lowest BCUT2D eigenvalue weighted by Gasteiger charge is -2.34. The van der Waals surface area contributed by atoms with Crippen LogP contribution in [0.2, 0.25) is 0 Å². The Kier molecular flexibility index (Phi) is 2.32. The second kappa shape index (κ2) is 2.89. The molecule has 2 nitrogen and oxygen atoms in total. The zero-order chi connectivity index (χ0) is 7.61. The van der Waals surface area contributed by atoms with Crippen molar-refractivity contribution in [3.63, 3.8) is 0 Å². The predicted molar refractivity (Wildman–Crippen MR) is 43.6 cm³/mol. The molecule has 1 aliphatic rings. The van der Waals surface area contributed by atoms with Gasteiger partial charge in [-0.05, 0) is 31.6 Å². The van der Waals surface area contributed by atoms with E-state index in [4.69, 9.17) is 11.5 Å². The minimum atomic E-state index is -0.0213. The van der Waals surface area contributed by atoms with Crippen molar-refractivity contribution in [2.75, 3.05) is 6.54 Å². The second-order valence-electron chi connectivity index (χ2n) is 3.75. The van der Waals surface area contributed by atoms with Crippen molar-refractivity contribution in [3.05, 3.63) is 0 Å². The lowest BCUT2D eigenvalue weighted by molar-refractivity contribution is 0.251. The summed E-state index contributed by atoms with van der Waals surface area (Å²) in [4.78, 5) is 0. The first kappa shape index (κ1) is 8.02. The Morgan fingerprint density at radius 1 is 1.40 bits per heavy atom. The fraction of sp³-hybridized carbons (Fsp3) is 1.00. The molecule has 0 aromatic heterocycles. The van der Waals surface area contributed by atoms with Gasteiger partial charge in [-0.25, -0.2) is 0 Å². The molecular weight excluding hydrogens is 124 g/mol. The van der Waals surface area contributed by atoms with Crippen LogP contribution in [0, 0.1) is 5.92 Å². The first-order valence-electron chi connectivity index (χ1n) is 4.15. The average molecular weight is 142 g/mol. The lowest BCUT2D eigenvalue weighted by atomic mass is 9.78. The SMILES string of the molecule is CC1CCC(N)(CN)CC1. The van der Waals surface area contributed by atoms with Crippen molar-refractivity contribution in [1.29, 1.82) is 0 Å². The van der Waals surface area contributed by atoms with E-state index in [1.807, 2.05) is 0 Å². The predicted octanol–water partition coefficient (Wildman–Crippen LogP) is 0.853. The van der Waals surface area contributed by atoms with Gasteiger partial charge in [0.05, 0.1) is 0 Å². The summed E-state index contributed by atoms with van der Waals surface area (Å²) < 4.78 is 0. The highest BCUT2D eigenvalue weighted by Gasteiger charge is 2.28. The molecule has 0 aliphatic heterocycles. The largest absolute Gasteiger partial charge is 0.329 e. The molecule has 0 atom stereocenters. The molecule has 0 heterocycles. The van der Waals surface area contributed by atoms with Crippen LogP contribution in [0.4, 0.5) is 0 Å². The normalized spacial score (nSPS) is 41.7. The van der Waals surface area contributed by atoms with Gasteiger partial charge in [0.1, 0.15) is 0 Å². The monoisotopic (exact) mass is 142 g/mol. The highest BCUT2D eigenvalue weighted by atomic mass is 14.8.